The van der Waals surface area contributed by atoms with Crippen molar-refractivity contribution < 1.29 is 4.79 Å². The quantitative estimate of drug-likeness (QED) is 0.662. The van der Waals surface area contributed by atoms with E-state index >= 15 is 0 Å². The summed E-state index contributed by atoms with van der Waals surface area (Å²) in [5, 5.41) is 4.88. The maximum Gasteiger partial charge on any atom is 0.252 e. The number of nitrogens with one attached hydrogen (secondary N) is 1. The standard InChI is InChI=1S/C15H14ClNO/c16-10-3-4-11-17-15(18)14-9-5-7-12-6-1-2-8-13(12)14/h1-9H,10-11H2,(H,17,18)/b4-3+. The van der Waals surface area contributed by atoms with Gasteiger partial charge < -0.3 is 5.32 Å². The number of amides is 1. The maximum atomic E-state index is 12.0. The molecule has 0 radical (unpaired) electrons. The summed E-state index contributed by atoms with van der Waals surface area (Å²) in [5.74, 6) is 0.399. The van der Waals surface area contributed by atoms with Gasteiger partial charge in [-0.3, -0.25) is 4.79 Å². The lowest BCUT2D eigenvalue weighted by molar-refractivity contribution is 0.0959. The molecule has 18 heavy (non-hydrogen) atoms. The summed E-state index contributed by atoms with van der Waals surface area (Å²) < 4.78 is 0. The summed E-state index contributed by atoms with van der Waals surface area (Å²) in [4.78, 5) is 12.0. The zero-order chi connectivity index (χ0) is 12.8. The molecule has 0 aliphatic heterocycles. The lowest BCUT2D eigenvalue weighted by atomic mass is 10.0. The van der Waals surface area contributed by atoms with E-state index in [1.165, 1.54) is 0 Å². The molecule has 0 aliphatic carbocycles. The number of halogens is 1. The molecular formula is C15H14ClNO. The van der Waals surface area contributed by atoms with E-state index in [0.29, 0.717) is 18.0 Å². The second kappa shape index (κ2) is 6.22. The van der Waals surface area contributed by atoms with Gasteiger partial charge in [-0.1, -0.05) is 48.6 Å². The van der Waals surface area contributed by atoms with E-state index < -0.39 is 0 Å². The van der Waals surface area contributed by atoms with Crippen LogP contribution in [0.15, 0.2) is 54.6 Å². The Kier molecular flexibility index (Phi) is 4.37. The molecule has 0 aliphatic rings. The molecule has 92 valence electrons. The molecule has 0 bridgehead atoms. The van der Waals surface area contributed by atoms with Crippen molar-refractivity contribution in [3.05, 3.63) is 60.2 Å². The first-order valence-corrected chi connectivity index (χ1v) is 6.33. The Labute approximate surface area is 111 Å². The number of carbonyl (C=O) groups excluding carboxylic acids is 1. The molecule has 0 spiro atoms. The topological polar surface area (TPSA) is 29.1 Å². The normalized spacial score (nSPS) is 10.9. The van der Waals surface area contributed by atoms with Gasteiger partial charge in [-0.25, -0.2) is 0 Å². The molecule has 0 saturated carbocycles. The Morgan fingerprint density at radius 3 is 2.72 bits per heavy atom. The van der Waals surface area contributed by atoms with Gasteiger partial charge in [0.05, 0.1) is 0 Å². The lowest BCUT2D eigenvalue weighted by Gasteiger charge is -2.06. The zero-order valence-corrected chi connectivity index (χ0v) is 10.7. The minimum Gasteiger partial charge on any atom is -0.349 e. The number of fused-ring (bicyclic) bond motifs is 1. The molecule has 2 nitrogen and oxygen atoms in total. The van der Waals surface area contributed by atoms with Crippen molar-refractivity contribution >= 4 is 28.3 Å². The van der Waals surface area contributed by atoms with Crippen LogP contribution in [0.3, 0.4) is 0 Å². The monoisotopic (exact) mass is 259 g/mol. The minimum absolute atomic E-state index is 0.0639. The van der Waals surface area contributed by atoms with E-state index in [1.54, 1.807) is 0 Å². The summed E-state index contributed by atoms with van der Waals surface area (Å²) >= 11 is 5.51. The van der Waals surface area contributed by atoms with Crippen LogP contribution in [0.1, 0.15) is 10.4 Å². The van der Waals surface area contributed by atoms with E-state index in [1.807, 2.05) is 54.6 Å². The van der Waals surface area contributed by atoms with Crippen LogP contribution in [0.4, 0.5) is 0 Å². The molecule has 2 aromatic carbocycles. The molecule has 0 fully saturated rings. The van der Waals surface area contributed by atoms with E-state index in [0.717, 1.165) is 10.8 Å². The van der Waals surface area contributed by atoms with Gasteiger partial charge in [0.2, 0.25) is 0 Å². The van der Waals surface area contributed by atoms with Crippen LogP contribution in [0, 0.1) is 0 Å². The number of hydrogen-bond acceptors (Lipinski definition) is 1. The summed E-state index contributed by atoms with van der Waals surface area (Å²) in [5.41, 5.74) is 0.701. The number of carbonyl (C=O) groups is 1. The highest BCUT2D eigenvalue weighted by atomic mass is 35.5. The van der Waals surface area contributed by atoms with Crippen molar-refractivity contribution in [2.45, 2.75) is 0 Å². The second-order valence-electron chi connectivity index (χ2n) is 3.86. The van der Waals surface area contributed by atoms with Gasteiger partial charge in [-0.15, -0.1) is 11.6 Å². The maximum absolute atomic E-state index is 12.0. The smallest absolute Gasteiger partial charge is 0.252 e. The lowest BCUT2D eigenvalue weighted by Crippen LogP contribution is -2.23. The molecular weight excluding hydrogens is 246 g/mol. The van der Waals surface area contributed by atoms with Gasteiger partial charge in [0.1, 0.15) is 0 Å². The third-order valence-corrected chi connectivity index (χ3v) is 2.85. The molecule has 2 rings (SSSR count). The van der Waals surface area contributed by atoms with Crippen LogP contribution in [-0.2, 0) is 0 Å². The average Bonchev–Trinajstić information content (AvgIpc) is 2.43. The van der Waals surface area contributed by atoms with Gasteiger partial charge in [-0.05, 0) is 16.8 Å². The fourth-order valence-corrected chi connectivity index (χ4v) is 1.94. The van der Waals surface area contributed by atoms with Crippen LogP contribution in [0.2, 0.25) is 0 Å². The highest BCUT2D eigenvalue weighted by Crippen LogP contribution is 2.18. The molecule has 0 unspecified atom stereocenters. The van der Waals surface area contributed by atoms with Gasteiger partial charge in [-0.2, -0.15) is 0 Å². The van der Waals surface area contributed by atoms with Gasteiger partial charge >= 0.3 is 0 Å². The number of rotatable bonds is 4. The largest absolute Gasteiger partial charge is 0.349 e. The SMILES string of the molecule is O=C(NC/C=C/CCl)c1cccc2ccccc12. The average molecular weight is 260 g/mol. The Hall–Kier alpha value is -1.80. The highest BCUT2D eigenvalue weighted by Gasteiger charge is 2.07. The van der Waals surface area contributed by atoms with Crippen LogP contribution >= 0.6 is 11.6 Å². The van der Waals surface area contributed by atoms with Crippen molar-refractivity contribution in [1.29, 1.82) is 0 Å². The predicted molar refractivity (Wildman–Crippen MR) is 76.1 cm³/mol. The first-order valence-electron chi connectivity index (χ1n) is 5.80. The summed E-state index contributed by atoms with van der Waals surface area (Å²) in [7, 11) is 0. The molecule has 1 N–H and O–H groups in total. The van der Waals surface area contributed by atoms with E-state index in [2.05, 4.69) is 5.32 Å². The van der Waals surface area contributed by atoms with E-state index in [-0.39, 0.29) is 5.91 Å². The van der Waals surface area contributed by atoms with E-state index in [4.69, 9.17) is 11.6 Å². The number of hydrogen-bond donors (Lipinski definition) is 1. The summed E-state index contributed by atoms with van der Waals surface area (Å²) in [6.45, 7) is 0.495. The van der Waals surface area contributed by atoms with Crippen LogP contribution in [0.25, 0.3) is 10.8 Å². The fourth-order valence-electron chi connectivity index (χ4n) is 1.82. The third kappa shape index (κ3) is 2.90. The summed E-state index contributed by atoms with van der Waals surface area (Å²) in [6, 6.07) is 13.6. The predicted octanol–water partition coefficient (Wildman–Crippen LogP) is 3.36. The van der Waals surface area contributed by atoms with Gasteiger partial charge in [0.15, 0.2) is 0 Å². The van der Waals surface area contributed by atoms with Crippen molar-refractivity contribution in [1.82, 2.24) is 5.32 Å². The Balaban J connectivity index is 2.20. The van der Waals surface area contributed by atoms with Crippen molar-refractivity contribution in [3.63, 3.8) is 0 Å². The van der Waals surface area contributed by atoms with Crippen LogP contribution < -0.4 is 5.32 Å². The Morgan fingerprint density at radius 2 is 1.89 bits per heavy atom. The van der Waals surface area contributed by atoms with Crippen LogP contribution in [0.5, 0.6) is 0 Å². The molecule has 1 amide bonds. The second-order valence-corrected chi connectivity index (χ2v) is 4.17. The third-order valence-electron chi connectivity index (χ3n) is 2.67. The Morgan fingerprint density at radius 1 is 1.11 bits per heavy atom. The highest BCUT2D eigenvalue weighted by molar-refractivity contribution is 6.18. The first kappa shape index (κ1) is 12.7. The summed E-state index contributed by atoms with van der Waals surface area (Å²) in [6.07, 6.45) is 3.65. The van der Waals surface area contributed by atoms with Crippen molar-refractivity contribution in [2.24, 2.45) is 0 Å². The van der Waals surface area contributed by atoms with E-state index in [9.17, 15) is 4.79 Å². The zero-order valence-electron chi connectivity index (χ0n) is 9.90. The van der Waals surface area contributed by atoms with Crippen LogP contribution in [-0.4, -0.2) is 18.3 Å². The molecule has 0 saturated heterocycles. The number of benzene rings is 2. The van der Waals surface area contributed by atoms with Crippen molar-refractivity contribution in [2.75, 3.05) is 12.4 Å². The Bertz CT molecular complexity index is 572. The van der Waals surface area contributed by atoms with Crippen molar-refractivity contribution in [3.8, 4) is 0 Å². The van der Waals surface area contributed by atoms with Gasteiger partial charge in [0, 0.05) is 18.0 Å². The molecule has 0 heterocycles. The minimum atomic E-state index is -0.0639. The first-order chi connectivity index (χ1) is 8.83. The van der Waals surface area contributed by atoms with Gasteiger partial charge in [0.25, 0.3) is 5.91 Å². The number of allylic oxidation sites excluding steroid dienone is 1. The molecule has 3 heteroatoms. The molecule has 0 aromatic heterocycles. The molecule has 2 aromatic rings. The molecule has 0 atom stereocenters. The number of alkyl halides is 1. The fraction of sp³-hybridized carbons (Fsp3) is 0.133.